The van der Waals surface area contributed by atoms with E-state index in [9.17, 15) is 4.79 Å². The molecule has 0 aliphatic carbocycles. The number of urea groups is 1. The van der Waals surface area contributed by atoms with Crippen LogP contribution < -0.4 is 5.32 Å². The van der Waals surface area contributed by atoms with E-state index in [0.717, 1.165) is 32.6 Å². The van der Waals surface area contributed by atoms with Crippen LogP contribution in [0.5, 0.6) is 0 Å². The SMILES string of the molecule is CC1CCCCN1CCCNC(=O)N1CCOCC1. The molecule has 2 fully saturated rings. The predicted molar refractivity (Wildman–Crippen MR) is 75.3 cm³/mol. The van der Waals surface area contributed by atoms with Gasteiger partial charge in [0, 0.05) is 32.2 Å². The van der Waals surface area contributed by atoms with E-state index in [1.807, 2.05) is 4.90 Å². The monoisotopic (exact) mass is 269 g/mol. The van der Waals surface area contributed by atoms with Crippen LogP contribution in [0.25, 0.3) is 0 Å². The van der Waals surface area contributed by atoms with E-state index < -0.39 is 0 Å². The maximum Gasteiger partial charge on any atom is 0.317 e. The Bertz CT molecular complexity index is 280. The fourth-order valence-corrected chi connectivity index (χ4v) is 2.85. The van der Waals surface area contributed by atoms with Crippen molar-refractivity contribution >= 4 is 6.03 Å². The molecule has 1 unspecified atom stereocenters. The maximum atomic E-state index is 11.9. The predicted octanol–water partition coefficient (Wildman–Crippen LogP) is 1.29. The number of hydrogen-bond acceptors (Lipinski definition) is 3. The Morgan fingerprint density at radius 3 is 2.79 bits per heavy atom. The van der Waals surface area contributed by atoms with Crippen LogP contribution in [0.4, 0.5) is 4.79 Å². The molecule has 0 spiro atoms. The lowest BCUT2D eigenvalue weighted by Gasteiger charge is -2.33. The molecule has 110 valence electrons. The van der Waals surface area contributed by atoms with E-state index >= 15 is 0 Å². The summed E-state index contributed by atoms with van der Waals surface area (Å²) in [5.41, 5.74) is 0. The number of carbonyl (C=O) groups excluding carboxylic acids is 1. The van der Waals surface area contributed by atoms with Crippen molar-refractivity contribution in [1.29, 1.82) is 0 Å². The summed E-state index contributed by atoms with van der Waals surface area (Å²) in [6.07, 6.45) is 5.05. The Morgan fingerprint density at radius 2 is 2.05 bits per heavy atom. The summed E-state index contributed by atoms with van der Waals surface area (Å²) in [5, 5.41) is 3.01. The first-order valence-corrected chi connectivity index (χ1v) is 7.62. The fourth-order valence-electron chi connectivity index (χ4n) is 2.85. The smallest absolute Gasteiger partial charge is 0.317 e. The first-order chi connectivity index (χ1) is 9.27. The summed E-state index contributed by atoms with van der Waals surface area (Å²) in [6.45, 7) is 8.18. The molecule has 19 heavy (non-hydrogen) atoms. The number of likely N-dealkylation sites (tertiary alicyclic amines) is 1. The summed E-state index contributed by atoms with van der Waals surface area (Å²) in [7, 11) is 0. The van der Waals surface area contributed by atoms with Gasteiger partial charge >= 0.3 is 6.03 Å². The van der Waals surface area contributed by atoms with Crippen molar-refractivity contribution in [3.8, 4) is 0 Å². The van der Waals surface area contributed by atoms with Crippen molar-refractivity contribution in [2.75, 3.05) is 45.9 Å². The Balaban J connectivity index is 1.56. The standard InChI is InChI=1S/C14H27N3O2/c1-13-5-2-3-7-16(13)8-4-6-15-14(18)17-9-11-19-12-10-17/h13H,2-12H2,1H3,(H,15,18). The molecule has 2 heterocycles. The number of ether oxygens (including phenoxy) is 1. The van der Waals surface area contributed by atoms with Gasteiger partial charge in [-0.15, -0.1) is 0 Å². The molecule has 0 radical (unpaired) electrons. The lowest BCUT2D eigenvalue weighted by Crippen LogP contribution is -2.47. The highest BCUT2D eigenvalue weighted by atomic mass is 16.5. The van der Waals surface area contributed by atoms with Crippen LogP contribution in [0.1, 0.15) is 32.6 Å². The molecule has 5 heteroatoms. The topological polar surface area (TPSA) is 44.8 Å². The van der Waals surface area contributed by atoms with Crippen LogP contribution in [-0.2, 0) is 4.74 Å². The normalized spacial score (nSPS) is 25.3. The Hall–Kier alpha value is -0.810. The van der Waals surface area contributed by atoms with E-state index in [1.165, 1.54) is 25.8 Å². The number of hydrogen-bond donors (Lipinski definition) is 1. The van der Waals surface area contributed by atoms with E-state index in [2.05, 4.69) is 17.1 Å². The highest BCUT2D eigenvalue weighted by Gasteiger charge is 2.18. The maximum absolute atomic E-state index is 11.9. The van der Waals surface area contributed by atoms with Gasteiger partial charge in [-0.2, -0.15) is 0 Å². The number of morpholine rings is 1. The highest BCUT2D eigenvalue weighted by Crippen LogP contribution is 2.16. The molecule has 0 aromatic rings. The summed E-state index contributed by atoms with van der Waals surface area (Å²) < 4.78 is 5.24. The second-order valence-electron chi connectivity index (χ2n) is 5.57. The molecule has 1 N–H and O–H groups in total. The Labute approximate surface area is 116 Å². The molecule has 2 aliphatic heterocycles. The number of nitrogens with one attached hydrogen (secondary N) is 1. The van der Waals surface area contributed by atoms with Crippen molar-refractivity contribution in [3.63, 3.8) is 0 Å². The van der Waals surface area contributed by atoms with Gasteiger partial charge in [0.05, 0.1) is 13.2 Å². The molecule has 0 saturated carbocycles. The van der Waals surface area contributed by atoms with Gasteiger partial charge in [0.1, 0.15) is 0 Å². The number of carbonyl (C=O) groups is 1. The van der Waals surface area contributed by atoms with Crippen molar-refractivity contribution in [2.45, 2.75) is 38.6 Å². The molecule has 5 nitrogen and oxygen atoms in total. The minimum absolute atomic E-state index is 0.0648. The third-order valence-electron chi connectivity index (χ3n) is 4.14. The number of nitrogens with zero attached hydrogens (tertiary/aromatic N) is 2. The third kappa shape index (κ3) is 4.66. The van der Waals surface area contributed by atoms with Crippen LogP contribution in [-0.4, -0.2) is 67.8 Å². The quantitative estimate of drug-likeness (QED) is 0.782. The van der Waals surface area contributed by atoms with Crippen molar-refractivity contribution in [1.82, 2.24) is 15.1 Å². The van der Waals surface area contributed by atoms with Gasteiger partial charge in [-0.05, 0) is 32.7 Å². The molecular formula is C14H27N3O2. The van der Waals surface area contributed by atoms with Crippen LogP contribution in [0.2, 0.25) is 0 Å². The van der Waals surface area contributed by atoms with Gasteiger partial charge in [-0.1, -0.05) is 6.42 Å². The van der Waals surface area contributed by atoms with Crippen LogP contribution in [0.15, 0.2) is 0 Å². The zero-order chi connectivity index (χ0) is 13.5. The van der Waals surface area contributed by atoms with Gasteiger partial charge in [0.15, 0.2) is 0 Å². The second kappa shape index (κ2) is 7.70. The zero-order valence-corrected chi connectivity index (χ0v) is 12.1. The third-order valence-corrected chi connectivity index (χ3v) is 4.14. The number of amides is 2. The largest absolute Gasteiger partial charge is 0.378 e. The molecule has 0 aromatic carbocycles. The molecule has 1 atom stereocenters. The summed E-state index contributed by atoms with van der Waals surface area (Å²) in [6, 6.07) is 0.777. The Kier molecular flexibility index (Phi) is 5.92. The minimum Gasteiger partial charge on any atom is -0.378 e. The summed E-state index contributed by atoms with van der Waals surface area (Å²) in [5.74, 6) is 0. The zero-order valence-electron chi connectivity index (χ0n) is 12.1. The van der Waals surface area contributed by atoms with Gasteiger partial charge < -0.3 is 19.9 Å². The van der Waals surface area contributed by atoms with Crippen LogP contribution in [0.3, 0.4) is 0 Å². The average Bonchev–Trinajstić information content (AvgIpc) is 2.46. The van der Waals surface area contributed by atoms with Gasteiger partial charge in [0.2, 0.25) is 0 Å². The van der Waals surface area contributed by atoms with Gasteiger partial charge in [-0.3, -0.25) is 0 Å². The highest BCUT2D eigenvalue weighted by molar-refractivity contribution is 5.74. The first kappa shape index (κ1) is 14.6. The van der Waals surface area contributed by atoms with Crippen LogP contribution >= 0.6 is 0 Å². The second-order valence-corrected chi connectivity index (χ2v) is 5.57. The van der Waals surface area contributed by atoms with E-state index in [0.29, 0.717) is 19.3 Å². The fraction of sp³-hybridized carbons (Fsp3) is 0.929. The summed E-state index contributed by atoms with van der Waals surface area (Å²) >= 11 is 0. The molecule has 0 bridgehead atoms. The number of rotatable bonds is 4. The average molecular weight is 269 g/mol. The molecule has 2 rings (SSSR count). The Morgan fingerprint density at radius 1 is 1.26 bits per heavy atom. The summed E-state index contributed by atoms with van der Waals surface area (Å²) in [4.78, 5) is 16.2. The number of piperidine rings is 1. The van der Waals surface area contributed by atoms with E-state index in [-0.39, 0.29) is 6.03 Å². The van der Waals surface area contributed by atoms with Crippen molar-refractivity contribution < 1.29 is 9.53 Å². The van der Waals surface area contributed by atoms with Gasteiger partial charge in [0.25, 0.3) is 0 Å². The molecule has 0 aromatic heterocycles. The molecule has 2 aliphatic rings. The molecular weight excluding hydrogens is 242 g/mol. The van der Waals surface area contributed by atoms with E-state index in [1.54, 1.807) is 0 Å². The van der Waals surface area contributed by atoms with Gasteiger partial charge in [-0.25, -0.2) is 4.79 Å². The van der Waals surface area contributed by atoms with Crippen LogP contribution in [0, 0.1) is 0 Å². The minimum atomic E-state index is 0.0648. The lowest BCUT2D eigenvalue weighted by atomic mass is 10.0. The van der Waals surface area contributed by atoms with E-state index in [4.69, 9.17) is 4.74 Å². The molecule has 2 amide bonds. The molecule has 2 saturated heterocycles. The van der Waals surface area contributed by atoms with Crippen molar-refractivity contribution in [2.24, 2.45) is 0 Å². The first-order valence-electron chi connectivity index (χ1n) is 7.62. The lowest BCUT2D eigenvalue weighted by molar-refractivity contribution is 0.0531. The van der Waals surface area contributed by atoms with Crippen molar-refractivity contribution in [3.05, 3.63) is 0 Å².